The molecule has 0 saturated carbocycles. The zero-order chi connectivity index (χ0) is 21.7. The maximum absolute atomic E-state index is 12.6. The molecule has 2 amide bonds. The average molecular weight is 433 g/mol. The van der Waals surface area contributed by atoms with E-state index in [0.29, 0.717) is 12.2 Å². The van der Waals surface area contributed by atoms with Crippen LogP contribution in [-0.4, -0.2) is 29.0 Å². The van der Waals surface area contributed by atoms with Crippen molar-refractivity contribution in [2.45, 2.75) is 16.3 Å². The number of rotatable bonds is 6. The summed E-state index contributed by atoms with van der Waals surface area (Å²) < 4.78 is 27.0. The van der Waals surface area contributed by atoms with E-state index in [9.17, 15) is 13.2 Å². The maximum atomic E-state index is 12.6. The number of anilines is 1. The molecule has 0 fully saturated rings. The largest absolute Gasteiger partial charge is 0.334 e. The molecule has 2 N–H and O–H groups in total. The number of urea groups is 1. The first kappa shape index (κ1) is 20.3. The quantitative estimate of drug-likeness (QED) is 0.485. The molecule has 2 aromatic carbocycles. The van der Waals surface area contributed by atoms with Gasteiger partial charge < -0.3 is 10.6 Å². The van der Waals surface area contributed by atoms with Gasteiger partial charge in [-0.05, 0) is 48.0 Å². The van der Waals surface area contributed by atoms with Crippen LogP contribution < -0.4 is 10.6 Å². The fourth-order valence-corrected chi connectivity index (χ4v) is 4.16. The van der Waals surface area contributed by atoms with Gasteiger partial charge in [-0.15, -0.1) is 0 Å². The van der Waals surface area contributed by atoms with Crippen LogP contribution in [0.4, 0.5) is 10.5 Å². The first-order chi connectivity index (χ1) is 15.0. The van der Waals surface area contributed by atoms with Crippen LogP contribution >= 0.6 is 0 Å². The van der Waals surface area contributed by atoms with Crippen molar-refractivity contribution in [1.29, 1.82) is 0 Å². The van der Waals surface area contributed by atoms with Gasteiger partial charge in [-0.25, -0.2) is 23.2 Å². The molecule has 4 aromatic rings. The lowest BCUT2D eigenvalue weighted by molar-refractivity contribution is 0.251. The number of carbonyl (C=O) groups excluding carboxylic acids is 1. The lowest BCUT2D eigenvalue weighted by Gasteiger charge is -2.09. The van der Waals surface area contributed by atoms with Crippen LogP contribution in [0.3, 0.4) is 0 Å². The summed E-state index contributed by atoms with van der Waals surface area (Å²) in [7, 11) is -3.59. The highest BCUT2D eigenvalue weighted by Gasteiger charge is 2.17. The minimum absolute atomic E-state index is 0.161. The van der Waals surface area contributed by atoms with E-state index in [4.69, 9.17) is 0 Å². The van der Waals surface area contributed by atoms with E-state index in [1.807, 2.05) is 12.1 Å². The Kier molecular flexibility index (Phi) is 5.76. The van der Waals surface area contributed by atoms with Crippen molar-refractivity contribution in [2.24, 2.45) is 0 Å². The summed E-state index contributed by atoms with van der Waals surface area (Å²) in [6, 6.07) is 17.5. The molecule has 31 heavy (non-hydrogen) atoms. The smallest absolute Gasteiger partial charge is 0.319 e. The Balaban J connectivity index is 1.34. The highest BCUT2D eigenvalue weighted by Crippen LogP contribution is 2.22. The van der Waals surface area contributed by atoms with Crippen LogP contribution in [0, 0.1) is 0 Å². The summed E-state index contributed by atoms with van der Waals surface area (Å²) in [6.07, 6.45) is 6.80. The predicted octanol–water partition coefficient (Wildman–Crippen LogP) is 3.42. The van der Waals surface area contributed by atoms with Gasteiger partial charge in [-0.2, -0.15) is 0 Å². The third kappa shape index (κ3) is 4.78. The molecule has 0 spiro atoms. The van der Waals surface area contributed by atoms with E-state index in [2.05, 4.69) is 20.6 Å². The van der Waals surface area contributed by atoms with E-state index in [1.165, 1.54) is 12.1 Å². The van der Waals surface area contributed by atoms with Crippen molar-refractivity contribution >= 4 is 21.6 Å². The molecule has 0 atom stereocenters. The Morgan fingerprint density at radius 2 is 1.68 bits per heavy atom. The number of benzene rings is 2. The second-order valence-corrected chi connectivity index (χ2v) is 8.59. The molecule has 2 heterocycles. The molecule has 0 aliphatic heterocycles. The standard InChI is InChI=1S/C22H19N5O3S/c28-22(25-15-17-6-11-21(24-14-17)27-13-12-23-16-27)26-18-7-9-20(10-8-18)31(29,30)19-4-2-1-3-5-19/h1-14,16H,15H2,(H2,25,26,28). The van der Waals surface area contributed by atoms with Gasteiger partial charge in [-0.3, -0.25) is 4.57 Å². The Morgan fingerprint density at radius 1 is 0.935 bits per heavy atom. The molecule has 2 aromatic heterocycles. The number of aromatic nitrogens is 3. The van der Waals surface area contributed by atoms with Crippen LogP contribution in [-0.2, 0) is 16.4 Å². The molecule has 156 valence electrons. The topological polar surface area (TPSA) is 106 Å². The normalized spacial score (nSPS) is 11.1. The Labute approximate surface area is 179 Å². The molecule has 0 unspecified atom stereocenters. The first-order valence-corrected chi connectivity index (χ1v) is 10.9. The predicted molar refractivity (Wildman–Crippen MR) is 116 cm³/mol. The van der Waals surface area contributed by atoms with Gasteiger partial charge in [0.15, 0.2) is 0 Å². The van der Waals surface area contributed by atoms with Crippen molar-refractivity contribution in [2.75, 3.05) is 5.32 Å². The molecule has 0 aliphatic carbocycles. The number of amides is 2. The molecular formula is C22H19N5O3S. The molecule has 8 nitrogen and oxygen atoms in total. The first-order valence-electron chi connectivity index (χ1n) is 9.41. The number of imidazole rings is 1. The number of carbonyl (C=O) groups is 1. The Morgan fingerprint density at radius 3 is 2.32 bits per heavy atom. The Hall–Kier alpha value is -3.98. The lowest BCUT2D eigenvalue weighted by atomic mass is 10.3. The van der Waals surface area contributed by atoms with Crippen LogP contribution in [0.5, 0.6) is 0 Å². The number of hydrogen-bond acceptors (Lipinski definition) is 5. The molecule has 0 aliphatic rings. The van der Waals surface area contributed by atoms with Crippen LogP contribution in [0.2, 0.25) is 0 Å². The monoisotopic (exact) mass is 433 g/mol. The van der Waals surface area contributed by atoms with Gasteiger partial charge in [-0.1, -0.05) is 24.3 Å². The summed E-state index contributed by atoms with van der Waals surface area (Å²) in [5, 5.41) is 5.43. The van der Waals surface area contributed by atoms with Crippen molar-refractivity contribution in [3.63, 3.8) is 0 Å². The molecule has 0 bridgehead atoms. The van der Waals surface area contributed by atoms with Gasteiger partial charge >= 0.3 is 6.03 Å². The van der Waals surface area contributed by atoms with Crippen molar-refractivity contribution in [1.82, 2.24) is 19.9 Å². The van der Waals surface area contributed by atoms with Gasteiger partial charge in [0.2, 0.25) is 9.84 Å². The number of hydrogen-bond donors (Lipinski definition) is 2. The summed E-state index contributed by atoms with van der Waals surface area (Å²) >= 11 is 0. The van der Waals surface area contributed by atoms with E-state index < -0.39 is 15.9 Å². The van der Waals surface area contributed by atoms with Crippen LogP contribution in [0.25, 0.3) is 5.82 Å². The zero-order valence-corrected chi connectivity index (χ0v) is 17.2. The summed E-state index contributed by atoms with van der Waals surface area (Å²) in [6.45, 7) is 0.295. The van der Waals surface area contributed by atoms with Crippen LogP contribution in [0.1, 0.15) is 5.56 Å². The summed E-state index contributed by atoms with van der Waals surface area (Å²) in [5.41, 5.74) is 1.32. The second kappa shape index (κ2) is 8.80. The molecule has 0 radical (unpaired) electrons. The number of nitrogens with zero attached hydrogens (tertiary/aromatic N) is 3. The summed E-state index contributed by atoms with van der Waals surface area (Å²) in [4.78, 5) is 20.9. The minimum atomic E-state index is -3.59. The zero-order valence-electron chi connectivity index (χ0n) is 16.3. The number of pyridine rings is 1. The fourth-order valence-electron chi connectivity index (χ4n) is 2.88. The summed E-state index contributed by atoms with van der Waals surface area (Å²) in [5.74, 6) is 0.733. The van der Waals surface area contributed by atoms with E-state index in [0.717, 1.165) is 11.4 Å². The highest BCUT2D eigenvalue weighted by atomic mass is 32.2. The number of sulfone groups is 1. The second-order valence-electron chi connectivity index (χ2n) is 6.64. The minimum Gasteiger partial charge on any atom is -0.334 e. The third-order valence-electron chi connectivity index (χ3n) is 4.51. The highest BCUT2D eigenvalue weighted by molar-refractivity contribution is 7.91. The molecule has 9 heteroatoms. The van der Waals surface area contributed by atoms with Crippen molar-refractivity contribution in [3.8, 4) is 5.82 Å². The average Bonchev–Trinajstić information content (AvgIpc) is 3.34. The van der Waals surface area contributed by atoms with E-state index >= 15 is 0 Å². The van der Waals surface area contributed by atoms with Gasteiger partial charge in [0.25, 0.3) is 0 Å². The fraction of sp³-hybridized carbons (Fsp3) is 0.0455. The number of nitrogens with one attached hydrogen (secondary N) is 2. The van der Waals surface area contributed by atoms with Crippen molar-refractivity contribution in [3.05, 3.63) is 97.2 Å². The maximum Gasteiger partial charge on any atom is 0.319 e. The third-order valence-corrected chi connectivity index (χ3v) is 6.29. The van der Waals surface area contributed by atoms with E-state index in [-0.39, 0.29) is 9.79 Å². The SMILES string of the molecule is O=C(NCc1ccc(-n2ccnc2)nc1)Nc1ccc(S(=O)(=O)c2ccccc2)cc1. The molecular weight excluding hydrogens is 414 g/mol. The Bertz CT molecular complexity index is 1260. The molecule has 4 rings (SSSR count). The van der Waals surface area contributed by atoms with E-state index in [1.54, 1.807) is 71.9 Å². The van der Waals surface area contributed by atoms with Gasteiger partial charge in [0, 0.05) is 30.8 Å². The van der Waals surface area contributed by atoms with Crippen molar-refractivity contribution < 1.29 is 13.2 Å². The molecule has 0 saturated heterocycles. The van der Waals surface area contributed by atoms with Gasteiger partial charge in [0.1, 0.15) is 12.1 Å². The van der Waals surface area contributed by atoms with Crippen LogP contribution in [0.15, 0.2) is 101 Å². The lowest BCUT2D eigenvalue weighted by Crippen LogP contribution is -2.28. The van der Waals surface area contributed by atoms with Gasteiger partial charge in [0.05, 0.1) is 9.79 Å².